The minimum atomic E-state index is 0.00125. The standard InChI is InChI=1S/C16H21NO2/c1-12-5-4-9-17-14(12)15(18)13-6-10-19-16(11-13)7-2-3-8-16/h4-5,9,13H,2-3,6-8,10-11H2,1H3. The fourth-order valence-corrected chi connectivity index (χ4v) is 3.56. The molecule has 1 saturated heterocycles. The summed E-state index contributed by atoms with van der Waals surface area (Å²) in [6.07, 6.45) is 8.17. The highest BCUT2D eigenvalue weighted by Gasteiger charge is 2.42. The van der Waals surface area contributed by atoms with E-state index in [4.69, 9.17) is 4.74 Å². The largest absolute Gasteiger partial charge is 0.375 e. The van der Waals surface area contributed by atoms with Crippen molar-refractivity contribution in [2.45, 2.75) is 51.0 Å². The third-order valence-electron chi connectivity index (χ3n) is 4.62. The molecule has 1 unspecified atom stereocenters. The normalized spacial score (nSPS) is 25.6. The Kier molecular flexibility index (Phi) is 3.40. The minimum absolute atomic E-state index is 0.00125. The van der Waals surface area contributed by atoms with E-state index in [-0.39, 0.29) is 17.3 Å². The van der Waals surface area contributed by atoms with Gasteiger partial charge in [-0.05, 0) is 44.2 Å². The fourth-order valence-electron chi connectivity index (χ4n) is 3.56. The van der Waals surface area contributed by atoms with E-state index in [0.717, 1.165) is 37.9 Å². The zero-order chi connectivity index (χ0) is 13.3. The van der Waals surface area contributed by atoms with E-state index >= 15 is 0 Å². The first-order valence-corrected chi connectivity index (χ1v) is 7.30. The van der Waals surface area contributed by atoms with Crippen LogP contribution in [0.4, 0.5) is 0 Å². The first kappa shape index (κ1) is 12.8. The number of aromatic nitrogens is 1. The van der Waals surface area contributed by atoms with Crippen LogP contribution in [0, 0.1) is 12.8 Å². The summed E-state index contributed by atoms with van der Waals surface area (Å²) in [5, 5.41) is 0. The third-order valence-corrected chi connectivity index (χ3v) is 4.62. The van der Waals surface area contributed by atoms with Crippen molar-refractivity contribution in [3.05, 3.63) is 29.6 Å². The van der Waals surface area contributed by atoms with Gasteiger partial charge in [0.05, 0.1) is 5.60 Å². The molecule has 2 aliphatic rings. The molecule has 1 aromatic rings. The molecule has 1 spiro atoms. The summed E-state index contributed by atoms with van der Waals surface area (Å²) in [7, 11) is 0. The number of nitrogens with zero attached hydrogens (tertiary/aromatic N) is 1. The zero-order valence-corrected chi connectivity index (χ0v) is 11.5. The molecule has 1 aliphatic heterocycles. The smallest absolute Gasteiger partial charge is 0.184 e. The molecule has 3 heteroatoms. The number of Topliss-reactive ketones (excluding diaryl/α,β-unsaturated/α-hetero) is 1. The van der Waals surface area contributed by atoms with Crippen LogP contribution < -0.4 is 0 Å². The topological polar surface area (TPSA) is 39.2 Å². The van der Waals surface area contributed by atoms with Crippen molar-refractivity contribution in [1.29, 1.82) is 0 Å². The molecule has 1 aliphatic carbocycles. The van der Waals surface area contributed by atoms with Crippen molar-refractivity contribution in [1.82, 2.24) is 4.98 Å². The molecule has 0 N–H and O–H groups in total. The predicted octanol–water partition coefficient (Wildman–Crippen LogP) is 3.31. The van der Waals surface area contributed by atoms with Crippen molar-refractivity contribution in [3.63, 3.8) is 0 Å². The van der Waals surface area contributed by atoms with Gasteiger partial charge in [-0.2, -0.15) is 0 Å². The Bertz CT molecular complexity index is 477. The van der Waals surface area contributed by atoms with Crippen LogP contribution >= 0.6 is 0 Å². The van der Waals surface area contributed by atoms with Crippen molar-refractivity contribution in [2.75, 3.05) is 6.61 Å². The monoisotopic (exact) mass is 259 g/mol. The summed E-state index contributed by atoms with van der Waals surface area (Å²) in [4.78, 5) is 16.9. The Morgan fingerprint density at radius 3 is 2.95 bits per heavy atom. The number of ether oxygens (including phenoxy) is 1. The van der Waals surface area contributed by atoms with Crippen LogP contribution in [0.15, 0.2) is 18.3 Å². The molecule has 0 aromatic carbocycles. The van der Waals surface area contributed by atoms with Crippen LogP contribution in [-0.4, -0.2) is 23.0 Å². The second kappa shape index (κ2) is 5.04. The molecule has 0 radical (unpaired) electrons. The van der Waals surface area contributed by atoms with E-state index in [1.54, 1.807) is 6.20 Å². The highest BCUT2D eigenvalue weighted by atomic mass is 16.5. The van der Waals surface area contributed by atoms with Gasteiger partial charge in [0, 0.05) is 18.7 Å². The lowest BCUT2D eigenvalue weighted by atomic mass is 9.81. The van der Waals surface area contributed by atoms with Gasteiger partial charge in [0.15, 0.2) is 5.78 Å². The Hall–Kier alpha value is -1.22. The SMILES string of the molecule is Cc1cccnc1C(=O)C1CCOC2(CCCC2)C1. The number of carbonyl (C=O) groups excluding carboxylic acids is 1. The summed E-state index contributed by atoms with van der Waals surface area (Å²) in [5.74, 6) is 0.313. The van der Waals surface area contributed by atoms with Crippen molar-refractivity contribution >= 4 is 5.78 Å². The molecular formula is C16H21NO2. The molecule has 2 fully saturated rings. The summed E-state index contributed by atoms with van der Waals surface area (Å²) >= 11 is 0. The van der Waals surface area contributed by atoms with Gasteiger partial charge in [0.25, 0.3) is 0 Å². The maximum atomic E-state index is 12.6. The van der Waals surface area contributed by atoms with Crippen LogP contribution in [0.3, 0.4) is 0 Å². The van der Waals surface area contributed by atoms with Gasteiger partial charge >= 0.3 is 0 Å². The van der Waals surface area contributed by atoms with Gasteiger partial charge in [-0.15, -0.1) is 0 Å². The van der Waals surface area contributed by atoms with E-state index < -0.39 is 0 Å². The molecular weight excluding hydrogens is 238 g/mol. The highest BCUT2D eigenvalue weighted by molar-refractivity contribution is 5.97. The number of carbonyl (C=O) groups is 1. The van der Waals surface area contributed by atoms with Gasteiger partial charge in [-0.1, -0.05) is 18.9 Å². The van der Waals surface area contributed by atoms with E-state index in [1.807, 2.05) is 19.1 Å². The maximum absolute atomic E-state index is 12.6. The second-order valence-corrected chi connectivity index (χ2v) is 5.96. The molecule has 3 rings (SSSR count). The molecule has 1 aromatic heterocycles. The van der Waals surface area contributed by atoms with E-state index in [9.17, 15) is 4.79 Å². The van der Waals surface area contributed by atoms with Gasteiger partial charge in [0.1, 0.15) is 5.69 Å². The second-order valence-electron chi connectivity index (χ2n) is 5.96. The first-order valence-electron chi connectivity index (χ1n) is 7.30. The average Bonchev–Trinajstić information content (AvgIpc) is 2.86. The number of hydrogen-bond donors (Lipinski definition) is 0. The van der Waals surface area contributed by atoms with Gasteiger partial charge in [-0.25, -0.2) is 0 Å². The molecule has 2 heterocycles. The molecule has 102 valence electrons. The fraction of sp³-hybridized carbons (Fsp3) is 0.625. The Labute approximate surface area is 114 Å². The summed E-state index contributed by atoms with van der Waals surface area (Å²) in [6, 6.07) is 3.85. The van der Waals surface area contributed by atoms with Crippen LogP contribution in [0.5, 0.6) is 0 Å². The Morgan fingerprint density at radius 1 is 1.42 bits per heavy atom. The Balaban J connectivity index is 1.78. The van der Waals surface area contributed by atoms with E-state index in [0.29, 0.717) is 5.69 Å². The maximum Gasteiger partial charge on any atom is 0.184 e. The first-order chi connectivity index (χ1) is 9.20. The summed E-state index contributed by atoms with van der Waals surface area (Å²) in [6.45, 7) is 2.69. The molecule has 0 bridgehead atoms. The van der Waals surface area contributed by atoms with Crippen molar-refractivity contribution < 1.29 is 9.53 Å². The zero-order valence-electron chi connectivity index (χ0n) is 11.5. The lowest BCUT2D eigenvalue weighted by Crippen LogP contribution is -2.40. The van der Waals surface area contributed by atoms with E-state index in [1.165, 1.54) is 12.8 Å². The van der Waals surface area contributed by atoms with Gasteiger partial charge in [0.2, 0.25) is 0 Å². The number of rotatable bonds is 2. The lowest BCUT2D eigenvalue weighted by Gasteiger charge is -2.37. The number of pyridine rings is 1. The molecule has 1 saturated carbocycles. The molecule has 1 atom stereocenters. The van der Waals surface area contributed by atoms with Gasteiger partial charge in [-0.3, -0.25) is 9.78 Å². The van der Waals surface area contributed by atoms with Gasteiger partial charge < -0.3 is 4.74 Å². The van der Waals surface area contributed by atoms with Crippen molar-refractivity contribution in [2.24, 2.45) is 5.92 Å². The summed E-state index contributed by atoms with van der Waals surface area (Å²) in [5.41, 5.74) is 1.64. The molecule has 0 amide bonds. The number of ketones is 1. The van der Waals surface area contributed by atoms with Crippen LogP contribution in [0.25, 0.3) is 0 Å². The predicted molar refractivity (Wildman–Crippen MR) is 73.2 cm³/mol. The third kappa shape index (κ3) is 2.44. The van der Waals surface area contributed by atoms with Crippen molar-refractivity contribution in [3.8, 4) is 0 Å². The quantitative estimate of drug-likeness (QED) is 0.765. The number of aryl methyl sites for hydroxylation is 1. The lowest BCUT2D eigenvalue weighted by molar-refractivity contribution is -0.0866. The summed E-state index contributed by atoms with van der Waals surface area (Å²) < 4.78 is 6.00. The van der Waals surface area contributed by atoms with Crippen LogP contribution in [0.1, 0.15) is 54.6 Å². The average molecular weight is 259 g/mol. The molecule has 19 heavy (non-hydrogen) atoms. The van der Waals surface area contributed by atoms with E-state index in [2.05, 4.69) is 4.98 Å². The van der Waals surface area contributed by atoms with Crippen LogP contribution in [-0.2, 0) is 4.74 Å². The highest BCUT2D eigenvalue weighted by Crippen LogP contribution is 2.42. The Morgan fingerprint density at radius 2 is 2.21 bits per heavy atom. The number of hydrogen-bond acceptors (Lipinski definition) is 3. The van der Waals surface area contributed by atoms with Crippen LogP contribution in [0.2, 0.25) is 0 Å². The minimum Gasteiger partial charge on any atom is -0.375 e. The molecule has 3 nitrogen and oxygen atoms in total.